The van der Waals surface area contributed by atoms with Gasteiger partial charge in [0.2, 0.25) is 5.91 Å². The van der Waals surface area contributed by atoms with Crippen molar-refractivity contribution in [2.45, 2.75) is 38.1 Å². The Morgan fingerprint density at radius 3 is 3.14 bits per heavy atom. The Labute approximate surface area is 129 Å². The van der Waals surface area contributed by atoms with Gasteiger partial charge in [-0.3, -0.25) is 4.79 Å². The van der Waals surface area contributed by atoms with Gasteiger partial charge >= 0.3 is 0 Å². The van der Waals surface area contributed by atoms with Gasteiger partial charge in [-0.2, -0.15) is 0 Å². The predicted octanol–water partition coefficient (Wildman–Crippen LogP) is 2.70. The molecule has 1 amide bonds. The standard InChI is InChI=1S/C17H19N3O2/c1-22-12-6-4-5-11(9-12)13-10-15(21)19-17-16(13)18-14-7-2-3-8-20(14)17/h4-6,9,13H,2-3,7-8,10H2,1H3,(H,19,21). The summed E-state index contributed by atoms with van der Waals surface area (Å²) >= 11 is 0. The summed E-state index contributed by atoms with van der Waals surface area (Å²) in [5.41, 5.74) is 2.09. The molecule has 5 heteroatoms. The minimum absolute atomic E-state index is 0.0111. The van der Waals surface area contributed by atoms with Crippen molar-refractivity contribution in [3.63, 3.8) is 0 Å². The average Bonchev–Trinajstić information content (AvgIpc) is 2.93. The maximum Gasteiger partial charge on any atom is 0.226 e. The van der Waals surface area contributed by atoms with Crippen molar-refractivity contribution in [3.8, 4) is 5.75 Å². The highest BCUT2D eigenvalue weighted by molar-refractivity contribution is 5.94. The molecule has 5 nitrogen and oxygen atoms in total. The largest absolute Gasteiger partial charge is 0.497 e. The van der Waals surface area contributed by atoms with E-state index in [-0.39, 0.29) is 11.8 Å². The van der Waals surface area contributed by atoms with Crippen LogP contribution in [0.1, 0.15) is 42.3 Å². The molecule has 0 saturated carbocycles. The van der Waals surface area contributed by atoms with Crippen molar-refractivity contribution in [1.82, 2.24) is 9.55 Å². The molecular weight excluding hydrogens is 278 g/mol. The lowest BCUT2D eigenvalue weighted by molar-refractivity contribution is -0.116. The lowest BCUT2D eigenvalue weighted by Crippen LogP contribution is -2.25. The van der Waals surface area contributed by atoms with Crippen LogP contribution >= 0.6 is 0 Å². The first-order valence-electron chi connectivity index (χ1n) is 7.79. The summed E-state index contributed by atoms with van der Waals surface area (Å²) in [7, 11) is 1.66. The van der Waals surface area contributed by atoms with Crippen LogP contribution in [0.25, 0.3) is 0 Å². The minimum Gasteiger partial charge on any atom is -0.497 e. The summed E-state index contributed by atoms with van der Waals surface area (Å²) < 4.78 is 7.50. The van der Waals surface area contributed by atoms with E-state index < -0.39 is 0 Å². The number of ether oxygens (including phenoxy) is 1. The quantitative estimate of drug-likeness (QED) is 0.927. The zero-order valence-corrected chi connectivity index (χ0v) is 12.6. The van der Waals surface area contributed by atoms with Crippen molar-refractivity contribution in [2.24, 2.45) is 0 Å². The molecule has 4 rings (SSSR count). The van der Waals surface area contributed by atoms with Gasteiger partial charge in [0.25, 0.3) is 0 Å². The fourth-order valence-electron chi connectivity index (χ4n) is 3.48. The van der Waals surface area contributed by atoms with Crippen LogP contribution in [0.5, 0.6) is 5.75 Å². The first-order chi connectivity index (χ1) is 10.8. The van der Waals surface area contributed by atoms with E-state index in [1.807, 2.05) is 24.3 Å². The second kappa shape index (κ2) is 5.16. The summed E-state index contributed by atoms with van der Waals surface area (Å²) in [6.45, 7) is 0.947. The minimum atomic E-state index is 0.0111. The average molecular weight is 297 g/mol. The van der Waals surface area contributed by atoms with Gasteiger partial charge in [-0.25, -0.2) is 4.98 Å². The zero-order valence-electron chi connectivity index (χ0n) is 12.6. The molecule has 22 heavy (non-hydrogen) atoms. The highest BCUT2D eigenvalue weighted by Gasteiger charge is 2.33. The van der Waals surface area contributed by atoms with Crippen LogP contribution < -0.4 is 10.1 Å². The van der Waals surface area contributed by atoms with Crippen molar-refractivity contribution in [2.75, 3.05) is 12.4 Å². The molecule has 3 heterocycles. The van der Waals surface area contributed by atoms with Gasteiger partial charge in [-0.1, -0.05) is 12.1 Å². The molecule has 114 valence electrons. The van der Waals surface area contributed by atoms with Gasteiger partial charge < -0.3 is 14.6 Å². The number of imidazole rings is 1. The number of benzene rings is 1. The number of hydrogen-bond donors (Lipinski definition) is 1. The van der Waals surface area contributed by atoms with E-state index in [9.17, 15) is 4.79 Å². The summed E-state index contributed by atoms with van der Waals surface area (Å²) in [4.78, 5) is 17.0. The van der Waals surface area contributed by atoms with Gasteiger partial charge in [0.1, 0.15) is 17.4 Å². The second-order valence-electron chi connectivity index (χ2n) is 5.95. The number of nitrogens with one attached hydrogen (secondary N) is 1. The number of rotatable bonds is 2. The number of amides is 1. The molecule has 2 aliphatic rings. The van der Waals surface area contributed by atoms with Crippen LogP contribution in [0, 0.1) is 0 Å². The molecule has 0 spiro atoms. The maximum absolute atomic E-state index is 12.2. The van der Waals surface area contributed by atoms with E-state index >= 15 is 0 Å². The normalized spacial score (nSPS) is 20.0. The van der Waals surface area contributed by atoms with E-state index in [0.29, 0.717) is 6.42 Å². The zero-order chi connectivity index (χ0) is 15.1. The number of hydrogen-bond acceptors (Lipinski definition) is 3. The number of nitrogens with zero attached hydrogens (tertiary/aromatic N) is 2. The van der Waals surface area contributed by atoms with E-state index in [1.165, 1.54) is 6.42 Å². The summed E-state index contributed by atoms with van der Waals surface area (Å²) in [6, 6.07) is 7.95. The Kier molecular flexibility index (Phi) is 3.13. The Balaban J connectivity index is 1.82. The van der Waals surface area contributed by atoms with Crippen LogP contribution in [0.15, 0.2) is 24.3 Å². The Hall–Kier alpha value is -2.30. The van der Waals surface area contributed by atoms with Crippen LogP contribution in [0.3, 0.4) is 0 Å². The summed E-state index contributed by atoms with van der Waals surface area (Å²) in [5.74, 6) is 2.89. The van der Waals surface area contributed by atoms with Crippen LogP contribution in [-0.4, -0.2) is 22.6 Å². The first-order valence-corrected chi connectivity index (χ1v) is 7.79. The molecule has 1 atom stereocenters. The van der Waals surface area contributed by atoms with Crippen molar-refractivity contribution < 1.29 is 9.53 Å². The third-order valence-electron chi connectivity index (χ3n) is 4.58. The summed E-state index contributed by atoms with van der Waals surface area (Å²) in [6.07, 6.45) is 3.76. The lowest BCUT2D eigenvalue weighted by Gasteiger charge is -2.24. The molecule has 0 fully saturated rings. The third kappa shape index (κ3) is 2.08. The number of fused-ring (bicyclic) bond motifs is 3. The predicted molar refractivity (Wildman–Crippen MR) is 83.2 cm³/mol. The van der Waals surface area contributed by atoms with E-state index in [0.717, 1.165) is 48.0 Å². The van der Waals surface area contributed by atoms with Crippen LogP contribution in [0.2, 0.25) is 0 Å². The SMILES string of the molecule is COc1cccc(C2CC(=O)Nc3c2nc2n3CCCC2)c1. The highest BCUT2D eigenvalue weighted by Crippen LogP contribution is 2.39. The van der Waals surface area contributed by atoms with Gasteiger partial charge in [-0.05, 0) is 30.5 Å². The van der Waals surface area contributed by atoms with Gasteiger partial charge in [0, 0.05) is 25.3 Å². The number of aryl methyl sites for hydroxylation is 1. The van der Waals surface area contributed by atoms with Crippen molar-refractivity contribution >= 4 is 11.7 Å². The fraction of sp³-hybridized carbons (Fsp3) is 0.412. The van der Waals surface area contributed by atoms with Crippen LogP contribution in [-0.2, 0) is 17.8 Å². The second-order valence-corrected chi connectivity index (χ2v) is 5.95. The highest BCUT2D eigenvalue weighted by atomic mass is 16.5. The third-order valence-corrected chi connectivity index (χ3v) is 4.58. The van der Waals surface area contributed by atoms with E-state index in [1.54, 1.807) is 7.11 Å². The molecule has 0 saturated heterocycles. The number of carbonyl (C=O) groups excluding carboxylic acids is 1. The molecule has 0 radical (unpaired) electrons. The number of methoxy groups -OCH3 is 1. The van der Waals surface area contributed by atoms with Crippen molar-refractivity contribution in [3.05, 3.63) is 41.3 Å². The van der Waals surface area contributed by atoms with Gasteiger partial charge in [0.05, 0.1) is 12.8 Å². The monoisotopic (exact) mass is 297 g/mol. The molecule has 0 bridgehead atoms. The number of aromatic nitrogens is 2. The molecule has 1 aromatic heterocycles. The number of carbonyl (C=O) groups is 1. The van der Waals surface area contributed by atoms with Gasteiger partial charge in [0.15, 0.2) is 0 Å². The smallest absolute Gasteiger partial charge is 0.226 e. The topological polar surface area (TPSA) is 56.1 Å². The molecule has 1 unspecified atom stereocenters. The Morgan fingerprint density at radius 1 is 1.36 bits per heavy atom. The molecular formula is C17H19N3O2. The molecule has 1 N–H and O–H groups in total. The van der Waals surface area contributed by atoms with E-state index in [2.05, 4.69) is 9.88 Å². The molecule has 2 aliphatic heterocycles. The maximum atomic E-state index is 12.2. The van der Waals surface area contributed by atoms with Crippen LogP contribution in [0.4, 0.5) is 5.82 Å². The number of anilines is 1. The molecule has 1 aromatic carbocycles. The first kappa shape index (κ1) is 13.4. The fourth-order valence-corrected chi connectivity index (χ4v) is 3.48. The van der Waals surface area contributed by atoms with Crippen molar-refractivity contribution in [1.29, 1.82) is 0 Å². The molecule has 0 aliphatic carbocycles. The Bertz CT molecular complexity index is 736. The lowest BCUT2D eigenvalue weighted by atomic mass is 9.90. The Morgan fingerprint density at radius 2 is 2.27 bits per heavy atom. The van der Waals surface area contributed by atoms with Gasteiger partial charge in [-0.15, -0.1) is 0 Å². The molecule has 2 aromatic rings. The summed E-state index contributed by atoms with van der Waals surface area (Å²) in [5, 5.41) is 3.03. The van der Waals surface area contributed by atoms with E-state index in [4.69, 9.17) is 9.72 Å².